The SMILES string of the molecule is CCOC(=O)c1c(NC(C)=O)c2ccccc2n1CC(C)=O. The maximum atomic E-state index is 12.3. The number of para-hydroxylation sites is 1. The summed E-state index contributed by atoms with van der Waals surface area (Å²) in [6.07, 6.45) is 0. The molecule has 0 unspecified atom stereocenters. The molecule has 0 aliphatic carbocycles. The van der Waals surface area contributed by atoms with Gasteiger partial charge in [-0.25, -0.2) is 4.79 Å². The Hall–Kier alpha value is -2.63. The van der Waals surface area contributed by atoms with E-state index in [1.807, 2.05) is 6.07 Å². The number of aromatic nitrogens is 1. The normalized spacial score (nSPS) is 10.5. The highest BCUT2D eigenvalue weighted by Crippen LogP contribution is 2.32. The fraction of sp³-hybridized carbons (Fsp3) is 0.312. The lowest BCUT2D eigenvalue weighted by molar-refractivity contribution is -0.117. The van der Waals surface area contributed by atoms with Crippen molar-refractivity contribution in [3.63, 3.8) is 0 Å². The molecule has 2 rings (SSSR count). The summed E-state index contributed by atoms with van der Waals surface area (Å²) in [7, 11) is 0. The Bertz CT molecular complexity index is 693. The molecule has 0 bridgehead atoms. The zero-order valence-electron chi connectivity index (χ0n) is 12.8. The number of ether oxygens (including phenoxy) is 1. The number of nitrogens with one attached hydrogen (secondary N) is 1. The number of anilines is 1. The highest BCUT2D eigenvalue weighted by atomic mass is 16.5. The number of ketones is 1. The van der Waals surface area contributed by atoms with Crippen molar-refractivity contribution in [1.82, 2.24) is 4.57 Å². The predicted octanol–water partition coefficient (Wildman–Crippen LogP) is 2.37. The van der Waals surface area contributed by atoms with Crippen molar-refractivity contribution in [3.8, 4) is 0 Å². The van der Waals surface area contributed by atoms with Crippen LogP contribution in [0.15, 0.2) is 24.3 Å². The molecule has 2 aromatic rings. The van der Waals surface area contributed by atoms with Crippen molar-refractivity contribution >= 4 is 34.3 Å². The first-order valence-electron chi connectivity index (χ1n) is 7.01. The highest BCUT2D eigenvalue weighted by molar-refractivity contribution is 6.11. The van der Waals surface area contributed by atoms with Gasteiger partial charge in [-0.3, -0.25) is 9.59 Å². The number of fused-ring (bicyclic) bond motifs is 1. The summed E-state index contributed by atoms with van der Waals surface area (Å²) in [5.74, 6) is -0.958. The van der Waals surface area contributed by atoms with Crippen LogP contribution in [0.3, 0.4) is 0 Å². The van der Waals surface area contributed by atoms with E-state index in [0.717, 1.165) is 0 Å². The molecule has 1 aromatic heterocycles. The number of amides is 1. The minimum Gasteiger partial charge on any atom is -0.461 e. The lowest BCUT2D eigenvalue weighted by Gasteiger charge is -2.10. The minimum atomic E-state index is -0.566. The summed E-state index contributed by atoms with van der Waals surface area (Å²) < 4.78 is 6.66. The number of rotatable bonds is 5. The van der Waals surface area contributed by atoms with Crippen LogP contribution in [0.25, 0.3) is 10.9 Å². The molecule has 0 aliphatic rings. The zero-order valence-corrected chi connectivity index (χ0v) is 12.8. The van der Waals surface area contributed by atoms with Gasteiger partial charge in [0, 0.05) is 12.3 Å². The molecule has 22 heavy (non-hydrogen) atoms. The van der Waals surface area contributed by atoms with Crippen molar-refractivity contribution in [2.45, 2.75) is 27.3 Å². The van der Waals surface area contributed by atoms with Crippen LogP contribution in [-0.4, -0.2) is 28.8 Å². The number of Topliss-reactive ketones (excluding diaryl/α,β-unsaturated/α-hetero) is 1. The molecule has 0 atom stereocenters. The van der Waals surface area contributed by atoms with Gasteiger partial charge < -0.3 is 14.6 Å². The number of nitrogens with zero attached hydrogens (tertiary/aromatic N) is 1. The number of carbonyl (C=O) groups excluding carboxylic acids is 3. The van der Waals surface area contributed by atoms with Gasteiger partial charge in [0.25, 0.3) is 0 Å². The minimum absolute atomic E-state index is 0.0360. The summed E-state index contributed by atoms with van der Waals surface area (Å²) in [4.78, 5) is 35.4. The molecule has 1 N–H and O–H groups in total. The Kier molecular flexibility index (Phi) is 4.60. The molecule has 1 heterocycles. The Morgan fingerprint density at radius 1 is 1.18 bits per heavy atom. The van der Waals surface area contributed by atoms with Crippen LogP contribution in [0.5, 0.6) is 0 Å². The van der Waals surface area contributed by atoms with E-state index in [4.69, 9.17) is 4.74 Å². The number of hydrogen-bond donors (Lipinski definition) is 1. The first kappa shape index (κ1) is 15.8. The van der Waals surface area contributed by atoms with E-state index in [1.54, 1.807) is 29.7 Å². The van der Waals surface area contributed by atoms with Gasteiger partial charge >= 0.3 is 5.97 Å². The maximum absolute atomic E-state index is 12.3. The zero-order chi connectivity index (χ0) is 16.3. The molecule has 0 spiro atoms. The molecule has 1 amide bonds. The summed E-state index contributed by atoms with van der Waals surface area (Å²) in [6, 6.07) is 7.21. The molecule has 6 heteroatoms. The smallest absolute Gasteiger partial charge is 0.357 e. The second-order valence-corrected chi connectivity index (χ2v) is 4.93. The van der Waals surface area contributed by atoms with Gasteiger partial charge in [-0.05, 0) is 19.9 Å². The fourth-order valence-electron chi connectivity index (χ4n) is 2.40. The van der Waals surface area contributed by atoms with Gasteiger partial charge in [-0.15, -0.1) is 0 Å². The molecular formula is C16H18N2O4. The van der Waals surface area contributed by atoms with Crippen LogP contribution in [0, 0.1) is 0 Å². The van der Waals surface area contributed by atoms with Crippen LogP contribution in [0.2, 0.25) is 0 Å². The summed E-state index contributed by atoms with van der Waals surface area (Å²) >= 11 is 0. The van der Waals surface area contributed by atoms with Gasteiger partial charge in [0.2, 0.25) is 5.91 Å². The van der Waals surface area contributed by atoms with E-state index >= 15 is 0 Å². The quantitative estimate of drug-likeness (QED) is 0.860. The third-order valence-corrected chi connectivity index (χ3v) is 3.12. The van der Waals surface area contributed by atoms with Crippen molar-refractivity contribution in [2.75, 3.05) is 11.9 Å². The number of hydrogen-bond acceptors (Lipinski definition) is 4. The van der Waals surface area contributed by atoms with Crippen molar-refractivity contribution in [1.29, 1.82) is 0 Å². The van der Waals surface area contributed by atoms with Gasteiger partial charge in [-0.1, -0.05) is 18.2 Å². The van der Waals surface area contributed by atoms with E-state index in [2.05, 4.69) is 5.32 Å². The Morgan fingerprint density at radius 3 is 2.45 bits per heavy atom. The third kappa shape index (κ3) is 3.00. The van der Waals surface area contributed by atoms with E-state index in [9.17, 15) is 14.4 Å². The average Bonchev–Trinajstić information content (AvgIpc) is 2.72. The van der Waals surface area contributed by atoms with E-state index in [1.165, 1.54) is 13.8 Å². The van der Waals surface area contributed by atoms with Gasteiger partial charge in [-0.2, -0.15) is 0 Å². The van der Waals surface area contributed by atoms with Gasteiger partial charge in [0.1, 0.15) is 5.78 Å². The lowest BCUT2D eigenvalue weighted by Crippen LogP contribution is -2.18. The van der Waals surface area contributed by atoms with Crippen molar-refractivity contribution in [2.24, 2.45) is 0 Å². The molecule has 0 fully saturated rings. The highest BCUT2D eigenvalue weighted by Gasteiger charge is 2.24. The maximum Gasteiger partial charge on any atom is 0.357 e. The molecule has 1 aromatic carbocycles. The van der Waals surface area contributed by atoms with E-state index < -0.39 is 5.97 Å². The third-order valence-electron chi connectivity index (χ3n) is 3.12. The average molecular weight is 302 g/mol. The van der Waals surface area contributed by atoms with Crippen LogP contribution in [-0.2, 0) is 20.9 Å². The first-order chi connectivity index (χ1) is 10.5. The Morgan fingerprint density at radius 2 is 1.86 bits per heavy atom. The first-order valence-corrected chi connectivity index (χ1v) is 7.01. The summed E-state index contributed by atoms with van der Waals surface area (Å²) in [5, 5.41) is 3.37. The van der Waals surface area contributed by atoms with Gasteiger partial charge in [0.15, 0.2) is 5.69 Å². The van der Waals surface area contributed by atoms with Crippen LogP contribution in [0.4, 0.5) is 5.69 Å². The number of carbonyl (C=O) groups is 3. The second-order valence-electron chi connectivity index (χ2n) is 4.93. The number of esters is 1. The van der Waals surface area contributed by atoms with Crippen molar-refractivity contribution in [3.05, 3.63) is 30.0 Å². The molecule has 0 aliphatic heterocycles. The van der Waals surface area contributed by atoms with Crippen LogP contribution in [0.1, 0.15) is 31.3 Å². The monoisotopic (exact) mass is 302 g/mol. The predicted molar refractivity (Wildman–Crippen MR) is 82.9 cm³/mol. The molecule has 116 valence electrons. The molecule has 0 saturated heterocycles. The van der Waals surface area contributed by atoms with Crippen LogP contribution < -0.4 is 5.32 Å². The Balaban J connectivity index is 2.75. The molecule has 0 radical (unpaired) electrons. The fourth-order valence-corrected chi connectivity index (χ4v) is 2.40. The molecule has 6 nitrogen and oxygen atoms in total. The standard InChI is InChI=1S/C16H18N2O4/c1-4-22-16(21)15-14(17-11(3)20)12-7-5-6-8-13(12)18(15)9-10(2)19/h5-8H,4,9H2,1-3H3,(H,17,20). The van der Waals surface area contributed by atoms with Crippen molar-refractivity contribution < 1.29 is 19.1 Å². The lowest BCUT2D eigenvalue weighted by atomic mass is 10.2. The Labute approximate surface area is 128 Å². The molecular weight excluding hydrogens is 284 g/mol. The number of benzene rings is 1. The van der Waals surface area contributed by atoms with Gasteiger partial charge in [0.05, 0.1) is 24.4 Å². The largest absolute Gasteiger partial charge is 0.461 e. The van der Waals surface area contributed by atoms with E-state index in [-0.39, 0.29) is 30.5 Å². The summed E-state index contributed by atoms with van der Waals surface area (Å²) in [5.41, 5.74) is 1.26. The topological polar surface area (TPSA) is 77.4 Å². The second kappa shape index (κ2) is 6.43. The van der Waals surface area contributed by atoms with E-state index in [0.29, 0.717) is 16.6 Å². The van der Waals surface area contributed by atoms with Crippen LogP contribution >= 0.6 is 0 Å². The molecule has 0 saturated carbocycles. The summed E-state index contributed by atoms with van der Waals surface area (Å²) in [6.45, 7) is 4.76.